The zero-order valence-electron chi connectivity index (χ0n) is 10.9. The second-order valence-corrected chi connectivity index (χ2v) is 5.77. The van der Waals surface area contributed by atoms with Crippen LogP contribution in [-0.4, -0.2) is 38.6 Å². The smallest absolute Gasteiger partial charge is 0.404 e. The Kier molecular flexibility index (Phi) is 4.26. The molecule has 0 bridgehead atoms. The van der Waals surface area contributed by atoms with Crippen molar-refractivity contribution in [2.45, 2.75) is 17.7 Å². The van der Waals surface area contributed by atoms with Gasteiger partial charge in [0, 0.05) is 12.6 Å². The molecule has 1 aliphatic heterocycles. The van der Waals surface area contributed by atoms with Crippen molar-refractivity contribution < 1.29 is 31.1 Å². The summed E-state index contributed by atoms with van der Waals surface area (Å²) in [4.78, 5) is 10.9. The monoisotopic (exact) mass is 337 g/mol. The minimum atomic E-state index is -5.06. The quantitative estimate of drug-likeness (QED) is 0.909. The van der Waals surface area contributed by atoms with E-state index in [2.05, 4.69) is 9.84 Å². The Labute approximate surface area is 123 Å². The van der Waals surface area contributed by atoms with Gasteiger partial charge in [-0.15, -0.1) is 13.2 Å². The first-order valence-corrected chi connectivity index (χ1v) is 7.39. The highest BCUT2D eigenvalue weighted by Crippen LogP contribution is 2.29. The van der Waals surface area contributed by atoms with Crippen molar-refractivity contribution in [1.82, 2.24) is 9.73 Å². The zero-order chi connectivity index (χ0) is 16.4. The van der Waals surface area contributed by atoms with Crippen molar-refractivity contribution in [2.24, 2.45) is 5.10 Å². The van der Waals surface area contributed by atoms with Crippen LogP contribution in [0.2, 0.25) is 0 Å². The molecule has 2 amide bonds. The summed E-state index contributed by atoms with van der Waals surface area (Å²) >= 11 is 0. The summed E-state index contributed by atoms with van der Waals surface area (Å²) in [6, 6.07) is 3.04. The standard InChI is InChI=1S/C11H10F3N3O4S/c12-11(13,14)21-8-4-1-2-5-9(8)22(19,20)16-10(18)17-7-3-6-15-17/h1-2,4-6H,3,7H2,(H,16,18). The third-order valence-electron chi connectivity index (χ3n) is 2.51. The van der Waals surface area contributed by atoms with Crippen molar-refractivity contribution in [3.63, 3.8) is 0 Å². The van der Waals surface area contributed by atoms with E-state index in [-0.39, 0.29) is 6.54 Å². The fraction of sp³-hybridized carbons (Fsp3) is 0.273. The molecule has 11 heteroatoms. The van der Waals surface area contributed by atoms with Crippen LogP contribution in [0.3, 0.4) is 0 Å². The number of nitrogens with zero attached hydrogens (tertiary/aromatic N) is 2. The van der Waals surface area contributed by atoms with Crippen molar-refractivity contribution in [2.75, 3.05) is 6.54 Å². The van der Waals surface area contributed by atoms with Gasteiger partial charge < -0.3 is 4.74 Å². The third-order valence-corrected chi connectivity index (χ3v) is 3.87. The second-order valence-electron chi connectivity index (χ2n) is 4.12. The summed E-state index contributed by atoms with van der Waals surface area (Å²) < 4.78 is 66.2. The molecule has 7 nitrogen and oxygen atoms in total. The number of para-hydroxylation sites is 1. The molecule has 22 heavy (non-hydrogen) atoms. The molecule has 120 valence electrons. The van der Waals surface area contributed by atoms with Crippen LogP contribution in [0.25, 0.3) is 0 Å². The maximum atomic E-state index is 12.3. The molecule has 0 saturated carbocycles. The first-order chi connectivity index (χ1) is 10.2. The normalized spacial score (nSPS) is 15.0. The largest absolute Gasteiger partial charge is 0.573 e. The Morgan fingerprint density at radius 3 is 2.59 bits per heavy atom. The maximum absolute atomic E-state index is 12.3. The molecule has 1 aromatic carbocycles. The van der Waals surface area contributed by atoms with E-state index < -0.39 is 33.1 Å². The van der Waals surface area contributed by atoms with Crippen molar-refractivity contribution in [1.29, 1.82) is 0 Å². The van der Waals surface area contributed by atoms with E-state index in [0.717, 1.165) is 17.1 Å². The minimum absolute atomic E-state index is 0.183. The van der Waals surface area contributed by atoms with Gasteiger partial charge in [0.25, 0.3) is 10.0 Å². The molecule has 1 heterocycles. The average molecular weight is 337 g/mol. The van der Waals surface area contributed by atoms with E-state index in [1.807, 2.05) is 0 Å². The highest BCUT2D eigenvalue weighted by molar-refractivity contribution is 7.90. The molecule has 0 aliphatic carbocycles. The van der Waals surface area contributed by atoms with Crippen molar-refractivity contribution in [3.05, 3.63) is 24.3 Å². The first-order valence-electron chi connectivity index (χ1n) is 5.90. The number of rotatable bonds is 3. The van der Waals surface area contributed by atoms with E-state index in [9.17, 15) is 26.4 Å². The number of ether oxygens (including phenoxy) is 1. The summed E-state index contributed by atoms with van der Waals surface area (Å²) in [6.45, 7) is 0.183. The zero-order valence-corrected chi connectivity index (χ0v) is 11.7. The van der Waals surface area contributed by atoms with Gasteiger partial charge in [-0.05, 0) is 12.1 Å². The number of nitrogens with one attached hydrogen (secondary N) is 1. The molecule has 0 saturated heterocycles. The maximum Gasteiger partial charge on any atom is 0.573 e. The number of benzene rings is 1. The van der Waals surface area contributed by atoms with Crippen LogP contribution >= 0.6 is 0 Å². The molecular weight excluding hydrogens is 327 g/mol. The summed E-state index contributed by atoms with van der Waals surface area (Å²) in [5.41, 5.74) is 0. The lowest BCUT2D eigenvalue weighted by Gasteiger charge is -2.16. The number of urea groups is 1. The SMILES string of the molecule is O=C(NS(=O)(=O)c1ccccc1OC(F)(F)F)N1CCC=N1. The molecule has 2 rings (SSSR count). The fourth-order valence-electron chi connectivity index (χ4n) is 1.65. The third kappa shape index (κ3) is 3.87. The highest BCUT2D eigenvalue weighted by atomic mass is 32.2. The Hall–Kier alpha value is -2.30. The number of sulfonamides is 1. The fourth-order valence-corrected chi connectivity index (χ4v) is 2.73. The summed E-state index contributed by atoms with van der Waals surface area (Å²) in [7, 11) is -4.54. The number of carbonyl (C=O) groups excluding carboxylic acids is 1. The molecule has 0 aromatic heterocycles. The van der Waals surface area contributed by atoms with Gasteiger partial charge in [-0.25, -0.2) is 22.9 Å². The molecule has 0 spiro atoms. The highest BCUT2D eigenvalue weighted by Gasteiger charge is 2.34. The van der Waals surface area contributed by atoms with Crippen LogP contribution in [0.4, 0.5) is 18.0 Å². The number of halogens is 3. The number of carbonyl (C=O) groups is 1. The van der Waals surface area contributed by atoms with Gasteiger partial charge in [0.15, 0.2) is 0 Å². The van der Waals surface area contributed by atoms with Crippen LogP contribution < -0.4 is 9.46 Å². The van der Waals surface area contributed by atoms with Crippen molar-refractivity contribution in [3.8, 4) is 5.75 Å². The van der Waals surface area contributed by atoms with Crippen LogP contribution in [-0.2, 0) is 10.0 Å². The summed E-state index contributed by atoms with van der Waals surface area (Å²) in [6.07, 6.45) is -3.19. The van der Waals surface area contributed by atoms with Gasteiger partial charge in [0.05, 0.1) is 6.54 Å². The van der Waals surface area contributed by atoms with Crippen LogP contribution in [0.15, 0.2) is 34.3 Å². The van der Waals surface area contributed by atoms with E-state index in [1.165, 1.54) is 18.3 Å². The number of amides is 2. The first kappa shape index (κ1) is 16.1. The Morgan fingerprint density at radius 2 is 2.00 bits per heavy atom. The topological polar surface area (TPSA) is 88.1 Å². The number of hydrogen-bond acceptors (Lipinski definition) is 5. The molecule has 1 aromatic rings. The van der Waals surface area contributed by atoms with Crippen molar-refractivity contribution >= 4 is 22.3 Å². The van der Waals surface area contributed by atoms with E-state index >= 15 is 0 Å². The number of hydrazone groups is 1. The lowest BCUT2D eigenvalue weighted by molar-refractivity contribution is -0.275. The predicted octanol–water partition coefficient (Wildman–Crippen LogP) is 1.68. The van der Waals surface area contributed by atoms with Crippen LogP contribution in [0, 0.1) is 0 Å². The molecule has 0 fully saturated rings. The van der Waals surface area contributed by atoms with Gasteiger partial charge in [0.2, 0.25) is 0 Å². The number of alkyl halides is 3. The molecule has 0 atom stereocenters. The summed E-state index contributed by atoms with van der Waals surface area (Å²) in [5, 5.41) is 4.47. The Bertz CT molecular complexity index is 703. The van der Waals surface area contributed by atoms with Gasteiger partial charge in [0.1, 0.15) is 10.6 Å². The van der Waals surface area contributed by atoms with Crippen LogP contribution in [0.1, 0.15) is 6.42 Å². The van der Waals surface area contributed by atoms with E-state index in [1.54, 1.807) is 4.72 Å². The average Bonchev–Trinajstić information content (AvgIpc) is 2.90. The molecule has 1 N–H and O–H groups in total. The lowest BCUT2D eigenvalue weighted by Crippen LogP contribution is -2.39. The lowest BCUT2D eigenvalue weighted by atomic mass is 10.3. The van der Waals surface area contributed by atoms with E-state index in [0.29, 0.717) is 6.42 Å². The van der Waals surface area contributed by atoms with Gasteiger partial charge >= 0.3 is 12.4 Å². The van der Waals surface area contributed by atoms with Crippen LogP contribution in [0.5, 0.6) is 5.75 Å². The van der Waals surface area contributed by atoms with Gasteiger partial charge in [-0.1, -0.05) is 12.1 Å². The Balaban J connectivity index is 2.25. The molecule has 0 unspecified atom stereocenters. The van der Waals surface area contributed by atoms with Gasteiger partial charge in [-0.3, -0.25) is 0 Å². The molecule has 1 aliphatic rings. The summed E-state index contributed by atoms with van der Waals surface area (Å²) in [5.74, 6) is -0.930. The van der Waals surface area contributed by atoms with Gasteiger partial charge in [-0.2, -0.15) is 5.10 Å². The van der Waals surface area contributed by atoms with E-state index in [4.69, 9.17) is 0 Å². The molecular formula is C11H10F3N3O4S. The minimum Gasteiger partial charge on any atom is -0.404 e. The number of hydrogen-bond donors (Lipinski definition) is 1. The predicted molar refractivity (Wildman–Crippen MR) is 68.7 cm³/mol. The second kappa shape index (κ2) is 5.83. The Morgan fingerprint density at radius 1 is 1.32 bits per heavy atom. The molecule has 0 radical (unpaired) electrons.